The van der Waals surface area contributed by atoms with Crippen LogP contribution in [0.5, 0.6) is 0 Å². The Morgan fingerprint density at radius 2 is 1.76 bits per heavy atom. The van der Waals surface area contributed by atoms with Crippen molar-refractivity contribution in [2.45, 2.75) is 4.90 Å². The van der Waals surface area contributed by atoms with E-state index in [0.29, 0.717) is 17.3 Å². The first-order valence-electron chi connectivity index (χ1n) is 9.79. The fourth-order valence-electron chi connectivity index (χ4n) is 3.33. The van der Waals surface area contributed by atoms with Gasteiger partial charge in [-0.15, -0.1) is 11.3 Å². The molecule has 10 heteroatoms. The summed E-state index contributed by atoms with van der Waals surface area (Å²) >= 11 is 1.55. The Morgan fingerprint density at radius 3 is 2.52 bits per heavy atom. The molecule has 3 aromatic heterocycles. The van der Waals surface area contributed by atoms with Crippen molar-refractivity contribution in [3.8, 4) is 22.5 Å². The molecule has 164 valence electrons. The first kappa shape index (κ1) is 21.0. The molecule has 33 heavy (non-hydrogen) atoms. The highest BCUT2D eigenvalue weighted by atomic mass is 32.2. The molecule has 0 aliphatic rings. The Hall–Kier alpha value is -3.86. The van der Waals surface area contributed by atoms with Crippen LogP contribution in [0.2, 0.25) is 0 Å². The number of benzene rings is 2. The Bertz CT molecular complexity index is 1560. The number of fused-ring (bicyclic) bond motifs is 1. The molecule has 0 aliphatic heterocycles. The van der Waals surface area contributed by atoms with Crippen molar-refractivity contribution in [1.82, 2.24) is 9.97 Å². The molecule has 0 fully saturated rings. The molecule has 5 aromatic rings. The number of hydrogen-bond donors (Lipinski definition) is 2. The van der Waals surface area contributed by atoms with Gasteiger partial charge in [0, 0.05) is 16.5 Å². The van der Waals surface area contributed by atoms with E-state index < -0.39 is 10.0 Å². The molecule has 0 aliphatic carbocycles. The van der Waals surface area contributed by atoms with Crippen LogP contribution in [0, 0.1) is 0 Å². The van der Waals surface area contributed by atoms with Gasteiger partial charge >= 0.3 is 0 Å². The van der Waals surface area contributed by atoms with Crippen molar-refractivity contribution >= 4 is 43.6 Å². The smallest absolute Gasteiger partial charge is 0.238 e. The fraction of sp³-hybridized carbons (Fsp3) is 0. The van der Waals surface area contributed by atoms with Crippen LogP contribution in [0.1, 0.15) is 5.76 Å². The van der Waals surface area contributed by atoms with Crippen molar-refractivity contribution < 1.29 is 12.8 Å². The van der Waals surface area contributed by atoms with E-state index in [-0.39, 0.29) is 4.90 Å². The average Bonchev–Trinajstić information content (AvgIpc) is 3.47. The highest BCUT2D eigenvalue weighted by molar-refractivity contribution is 7.89. The maximum absolute atomic E-state index is 11.4. The van der Waals surface area contributed by atoms with E-state index in [1.54, 1.807) is 41.8 Å². The minimum Gasteiger partial charge on any atom is -0.455 e. The molecule has 8 nitrogen and oxygen atoms in total. The van der Waals surface area contributed by atoms with Crippen molar-refractivity contribution in [3.63, 3.8) is 0 Å². The van der Waals surface area contributed by atoms with Gasteiger partial charge in [0.2, 0.25) is 10.0 Å². The number of aromatic nitrogens is 2. The predicted octanol–water partition coefficient (Wildman–Crippen LogP) is 4.71. The zero-order valence-electron chi connectivity index (χ0n) is 17.0. The van der Waals surface area contributed by atoms with E-state index in [9.17, 15) is 8.42 Å². The van der Waals surface area contributed by atoms with E-state index in [1.807, 2.05) is 30.3 Å². The molecule has 0 bridgehead atoms. The lowest BCUT2D eigenvalue weighted by Gasteiger charge is -2.04. The second-order valence-electron chi connectivity index (χ2n) is 7.06. The largest absolute Gasteiger partial charge is 0.455 e. The summed E-state index contributed by atoms with van der Waals surface area (Å²) in [5.41, 5.74) is 5.83. The number of hydrogen-bond acceptors (Lipinski definition) is 8. The SMILES string of the molecule is NS(=O)(=O)c1ccc(-c2ccc(C=NNc3ncnc4scc(-c5ccccc5)c34)o2)cc1. The van der Waals surface area contributed by atoms with Crippen LogP contribution in [0.3, 0.4) is 0 Å². The number of primary sulfonamides is 1. The third kappa shape index (κ3) is 4.40. The van der Waals surface area contributed by atoms with Crippen molar-refractivity contribution in [3.05, 3.63) is 84.2 Å². The molecule has 0 unspecified atom stereocenters. The topological polar surface area (TPSA) is 123 Å². The zero-order valence-corrected chi connectivity index (χ0v) is 18.7. The van der Waals surface area contributed by atoms with Crippen LogP contribution in [0.4, 0.5) is 5.82 Å². The summed E-state index contributed by atoms with van der Waals surface area (Å²) in [6.45, 7) is 0. The molecular formula is C23H17N5O3S2. The molecule has 0 atom stereocenters. The van der Waals surface area contributed by atoms with Crippen LogP contribution in [0.25, 0.3) is 32.7 Å². The third-order valence-corrected chi connectivity index (χ3v) is 6.73. The van der Waals surface area contributed by atoms with Gasteiger partial charge in [-0.3, -0.25) is 5.43 Å². The number of sulfonamides is 1. The summed E-state index contributed by atoms with van der Waals surface area (Å²) in [5.74, 6) is 1.69. The number of hydrazone groups is 1. The lowest BCUT2D eigenvalue weighted by Crippen LogP contribution is -2.11. The van der Waals surface area contributed by atoms with Crippen molar-refractivity contribution in [1.29, 1.82) is 0 Å². The van der Waals surface area contributed by atoms with Gasteiger partial charge in [-0.2, -0.15) is 5.10 Å². The van der Waals surface area contributed by atoms with Crippen LogP contribution < -0.4 is 10.6 Å². The van der Waals surface area contributed by atoms with E-state index in [2.05, 4.69) is 25.9 Å². The van der Waals surface area contributed by atoms with Crippen LogP contribution >= 0.6 is 11.3 Å². The van der Waals surface area contributed by atoms with Gasteiger partial charge in [-0.05, 0) is 42.0 Å². The Labute approximate surface area is 193 Å². The summed E-state index contributed by atoms with van der Waals surface area (Å²) in [7, 11) is -3.74. The summed E-state index contributed by atoms with van der Waals surface area (Å²) in [6, 6.07) is 19.7. The number of anilines is 1. The van der Waals surface area contributed by atoms with Crippen LogP contribution in [-0.2, 0) is 10.0 Å². The highest BCUT2D eigenvalue weighted by Gasteiger charge is 2.13. The minimum atomic E-state index is -3.74. The van der Waals surface area contributed by atoms with E-state index in [0.717, 1.165) is 26.9 Å². The number of furan rings is 1. The molecule has 2 aromatic carbocycles. The first-order chi connectivity index (χ1) is 16.0. The number of rotatable bonds is 6. The molecule has 0 amide bonds. The third-order valence-electron chi connectivity index (χ3n) is 4.91. The number of nitrogens with one attached hydrogen (secondary N) is 1. The monoisotopic (exact) mass is 475 g/mol. The summed E-state index contributed by atoms with van der Waals surface area (Å²) < 4.78 is 28.6. The maximum atomic E-state index is 11.4. The predicted molar refractivity (Wildman–Crippen MR) is 130 cm³/mol. The number of nitrogens with zero attached hydrogens (tertiary/aromatic N) is 3. The van der Waals surface area contributed by atoms with Gasteiger partial charge < -0.3 is 4.42 Å². The zero-order chi connectivity index (χ0) is 22.8. The molecule has 3 heterocycles. The molecular weight excluding hydrogens is 458 g/mol. The van der Waals surface area contributed by atoms with Crippen LogP contribution in [-0.4, -0.2) is 24.6 Å². The van der Waals surface area contributed by atoms with Crippen molar-refractivity contribution in [2.75, 3.05) is 5.43 Å². The van der Waals surface area contributed by atoms with E-state index >= 15 is 0 Å². The molecule has 3 N–H and O–H groups in total. The minimum absolute atomic E-state index is 0.0447. The van der Waals surface area contributed by atoms with E-state index in [1.165, 1.54) is 18.5 Å². The Morgan fingerprint density at radius 1 is 0.970 bits per heavy atom. The molecule has 0 saturated heterocycles. The quantitative estimate of drug-likeness (QED) is 0.271. The van der Waals surface area contributed by atoms with Crippen molar-refractivity contribution in [2.24, 2.45) is 10.2 Å². The Kier molecular flexibility index (Phi) is 5.47. The van der Waals surface area contributed by atoms with Gasteiger partial charge in [-0.1, -0.05) is 30.3 Å². The lowest BCUT2D eigenvalue weighted by atomic mass is 10.1. The molecule has 5 rings (SSSR count). The maximum Gasteiger partial charge on any atom is 0.238 e. The normalized spacial score (nSPS) is 11.9. The second-order valence-corrected chi connectivity index (χ2v) is 9.48. The standard InChI is InChI=1S/C23H17N5O3S2/c24-33(29,30)18-9-6-16(7-10-18)20-11-8-17(31-20)12-27-28-22-21-19(15-4-2-1-3-5-15)13-32-23(21)26-14-25-22/h1-14H,(H2,24,29,30)(H,25,26,28). The Balaban J connectivity index is 1.37. The summed E-state index contributed by atoms with van der Waals surface area (Å²) in [5, 5.41) is 12.4. The molecule has 0 radical (unpaired) electrons. The van der Waals surface area contributed by atoms with Gasteiger partial charge in [-0.25, -0.2) is 23.5 Å². The van der Waals surface area contributed by atoms with Gasteiger partial charge in [0.1, 0.15) is 22.7 Å². The van der Waals surface area contributed by atoms with E-state index in [4.69, 9.17) is 9.56 Å². The summed E-state index contributed by atoms with van der Waals surface area (Å²) in [6.07, 6.45) is 3.05. The van der Waals surface area contributed by atoms with Crippen LogP contribution in [0.15, 0.2) is 92.9 Å². The molecule has 0 saturated carbocycles. The van der Waals surface area contributed by atoms with Gasteiger partial charge in [0.15, 0.2) is 5.82 Å². The highest BCUT2D eigenvalue weighted by Crippen LogP contribution is 2.36. The second kappa shape index (κ2) is 8.58. The van der Waals surface area contributed by atoms with Gasteiger partial charge in [0.25, 0.3) is 0 Å². The number of nitrogens with two attached hydrogens (primary N) is 1. The molecule has 0 spiro atoms. The first-order valence-corrected chi connectivity index (χ1v) is 12.2. The lowest BCUT2D eigenvalue weighted by molar-refractivity contribution is 0.575. The fourth-order valence-corrected chi connectivity index (χ4v) is 4.76. The average molecular weight is 476 g/mol. The number of thiophene rings is 1. The van der Waals surface area contributed by atoms with Gasteiger partial charge in [0.05, 0.1) is 16.5 Å². The summed E-state index contributed by atoms with van der Waals surface area (Å²) in [4.78, 5) is 9.63.